The fourth-order valence-electron chi connectivity index (χ4n) is 1.24. The summed E-state index contributed by atoms with van der Waals surface area (Å²) in [4.78, 5) is 6.30. The zero-order valence-electron chi connectivity index (χ0n) is 9.39. The van der Waals surface area contributed by atoms with E-state index in [0.29, 0.717) is 11.8 Å². The lowest BCUT2D eigenvalue weighted by Gasteiger charge is -2.16. The van der Waals surface area contributed by atoms with Crippen molar-refractivity contribution in [2.24, 2.45) is 5.73 Å². The number of aromatic nitrogens is 1. The van der Waals surface area contributed by atoms with Crippen molar-refractivity contribution in [3.05, 3.63) is 30.1 Å². The molecule has 0 saturated carbocycles. The van der Waals surface area contributed by atoms with Crippen molar-refractivity contribution in [2.45, 2.75) is 5.25 Å². The maximum Gasteiger partial charge on any atom is 0.0435 e. The molecule has 0 aliphatic carbocycles. The minimum atomic E-state index is 0.374. The number of nitrogens with two attached hydrogens (primary N) is 1. The molecular weight excluding hydrogens is 206 g/mol. The van der Waals surface area contributed by atoms with E-state index in [-0.39, 0.29) is 0 Å². The quantitative estimate of drug-likeness (QED) is 0.794. The highest BCUT2D eigenvalue weighted by atomic mass is 32.2. The lowest BCUT2D eigenvalue weighted by molar-refractivity contribution is 0.437. The van der Waals surface area contributed by atoms with Gasteiger partial charge < -0.3 is 10.6 Å². The summed E-state index contributed by atoms with van der Waals surface area (Å²) in [7, 11) is 4.17. The summed E-state index contributed by atoms with van der Waals surface area (Å²) in [5.74, 6) is 1.10. The molecule has 0 aliphatic rings. The molecule has 0 fully saturated rings. The zero-order chi connectivity index (χ0) is 11.1. The number of hydrogen-bond donors (Lipinski definition) is 1. The molecule has 1 heterocycles. The second kappa shape index (κ2) is 6.82. The molecule has 84 valence electrons. The van der Waals surface area contributed by atoms with Gasteiger partial charge in [-0.05, 0) is 25.7 Å². The molecule has 15 heavy (non-hydrogen) atoms. The number of thioether (sulfide) groups is 1. The molecule has 1 rings (SSSR count). The van der Waals surface area contributed by atoms with Crippen molar-refractivity contribution >= 4 is 11.8 Å². The first-order chi connectivity index (χ1) is 7.24. The molecule has 0 aromatic carbocycles. The third-order valence-corrected chi connectivity index (χ3v) is 3.41. The van der Waals surface area contributed by atoms with Crippen molar-refractivity contribution in [1.82, 2.24) is 9.88 Å². The summed E-state index contributed by atoms with van der Waals surface area (Å²) in [5.41, 5.74) is 6.99. The van der Waals surface area contributed by atoms with Gasteiger partial charge in [-0.2, -0.15) is 11.8 Å². The van der Waals surface area contributed by atoms with E-state index in [1.807, 2.05) is 24.0 Å². The minimum Gasteiger partial charge on any atom is -0.329 e. The summed E-state index contributed by atoms with van der Waals surface area (Å²) in [6, 6.07) is 4.05. The van der Waals surface area contributed by atoms with Crippen LogP contribution in [0.2, 0.25) is 0 Å². The summed E-state index contributed by atoms with van der Waals surface area (Å²) in [6.07, 6.45) is 3.70. The van der Waals surface area contributed by atoms with Crippen molar-refractivity contribution < 1.29 is 0 Å². The normalized spacial score (nSPS) is 13.1. The van der Waals surface area contributed by atoms with E-state index in [2.05, 4.69) is 30.0 Å². The van der Waals surface area contributed by atoms with E-state index in [0.717, 1.165) is 12.3 Å². The Morgan fingerprint density at radius 2 is 2.33 bits per heavy atom. The van der Waals surface area contributed by atoms with Crippen LogP contribution in [0, 0.1) is 0 Å². The van der Waals surface area contributed by atoms with Gasteiger partial charge in [-0.25, -0.2) is 0 Å². The van der Waals surface area contributed by atoms with Crippen LogP contribution in [0.3, 0.4) is 0 Å². The maximum atomic E-state index is 5.76. The molecule has 0 saturated heterocycles. The van der Waals surface area contributed by atoms with Crippen LogP contribution in [-0.4, -0.2) is 42.8 Å². The predicted octanol–water partition coefficient (Wildman–Crippen LogP) is 1.38. The van der Waals surface area contributed by atoms with Gasteiger partial charge >= 0.3 is 0 Å². The second-order valence-electron chi connectivity index (χ2n) is 3.68. The number of rotatable bonds is 6. The van der Waals surface area contributed by atoms with Gasteiger partial charge in [0.1, 0.15) is 0 Å². The molecule has 0 bridgehead atoms. The molecule has 3 nitrogen and oxygen atoms in total. The Morgan fingerprint density at radius 1 is 1.53 bits per heavy atom. The number of hydrogen-bond acceptors (Lipinski definition) is 4. The van der Waals surface area contributed by atoms with E-state index in [1.165, 1.54) is 5.56 Å². The summed E-state index contributed by atoms with van der Waals surface area (Å²) in [5, 5.41) is 0.374. The lowest BCUT2D eigenvalue weighted by atomic mass is 10.2. The van der Waals surface area contributed by atoms with Crippen molar-refractivity contribution in [3.8, 4) is 0 Å². The number of nitrogens with zero attached hydrogens (tertiary/aromatic N) is 2. The topological polar surface area (TPSA) is 42.1 Å². The van der Waals surface area contributed by atoms with Crippen LogP contribution in [-0.2, 0) is 0 Å². The maximum absolute atomic E-state index is 5.76. The van der Waals surface area contributed by atoms with E-state index in [9.17, 15) is 0 Å². The van der Waals surface area contributed by atoms with Gasteiger partial charge in [0.15, 0.2) is 0 Å². The Balaban J connectivity index is 2.43. The fourth-order valence-corrected chi connectivity index (χ4v) is 2.47. The Hall–Kier alpha value is -0.580. The average molecular weight is 225 g/mol. The summed E-state index contributed by atoms with van der Waals surface area (Å²) in [6.45, 7) is 1.76. The van der Waals surface area contributed by atoms with Gasteiger partial charge in [0.05, 0.1) is 0 Å². The van der Waals surface area contributed by atoms with Gasteiger partial charge in [-0.3, -0.25) is 4.98 Å². The Morgan fingerprint density at radius 3 is 2.87 bits per heavy atom. The summed E-state index contributed by atoms with van der Waals surface area (Å²) >= 11 is 1.90. The van der Waals surface area contributed by atoms with Gasteiger partial charge in [0.2, 0.25) is 0 Å². The van der Waals surface area contributed by atoms with Gasteiger partial charge in [0, 0.05) is 36.5 Å². The molecule has 0 amide bonds. The first-order valence-electron chi connectivity index (χ1n) is 5.10. The molecule has 0 radical (unpaired) electrons. The zero-order valence-corrected chi connectivity index (χ0v) is 10.2. The van der Waals surface area contributed by atoms with Crippen LogP contribution in [0.25, 0.3) is 0 Å². The van der Waals surface area contributed by atoms with Crippen LogP contribution in [0.4, 0.5) is 0 Å². The monoisotopic (exact) mass is 225 g/mol. The highest BCUT2D eigenvalue weighted by Gasteiger charge is 2.09. The molecule has 0 aliphatic heterocycles. The van der Waals surface area contributed by atoms with Gasteiger partial charge in [-0.15, -0.1) is 0 Å². The van der Waals surface area contributed by atoms with Gasteiger partial charge in [0.25, 0.3) is 0 Å². The summed E-state index contributed by atoms with van der Waals surface area (Å²) < 4.78 is 0. The Labute approximate surface area is 96.1 Å². The molecule has 1 aromatic rings. The Kier molecular flexibility index (Phi) is 5.68. The van der Waals surface area contributed by atoms with Crippen molar-refractivity contribution in [1.29, 1.82) is 0 Å². The van der Waals surface area contributed by atoms with Gasteiger partial charge in [-0.1, -0.05) is 6.07 Å². The molecule has 1 unspecified atom stereocenters. The average Bonchev–Trinajstić information content (AvgIpc) is 2.25. The van der Waals surface area contributed by atoms with E-state index in [1.54, 1.807) is 6.20 Å². The smallest absolute Gasteiger partial charge is 0.0435 e. The number of pyridine rings is 1. The highest BCUT2D eigenvalue weighted by molar-refractivity contribution is 7.99. The van der Waals surface area contributed by atoms with E-state index >= 15 is 0 Å². The second-order valence-corrected chi connectivity index (χ2v) is 5.00. The highest BCUT2D eigenvalue weighted by Crippen LogP contribution is 2.26. The third-order valence-electron chi connectivity index (χ3n) is 2.13. The molecule has 2 N–H and O–H groups in total. The molecule has 0 spiro atoms. The predicted molar refractivity (Wildman–Crippen MR) is 67.0 cm³/mol. The third kappa shape index (κ3) is 4.64. The molecule has 1 aromatic heterocycles. The fraction of sp³-hybridized carbons (Fsp3) is 0.545. The van der Waals surface area contributed by atoms with Crippen LogP contribution in [0.5, 0.6) is 0 Å². The van der Waals surface area contributed by atoms with Crippen molar-refractivity contribution in [3.63, 3.8) is 0 Å². The molecule has 4 heteroatoms. The van der Waals surface area contributed by atoms with Crippen LogP contribution < -0.4 is 5.73 Å². The van der Waals surface area contributed by atoms with Crippen LogP contribution in [0.1, 0.15) is 10.8 Å². The first-order valence-corrected chi connectivity index (χ1v) is 6.15. The van der Waals surface area contributed by atoms with Crippen LogP contribution in [0.15, 0.2) is 24.5 Å². The minimum absolute atomic E-state index is 0.374. The standard InChI is InChI=1S/C11H19N3S/c1-14(2)6-7-15-11(8-12)10-4-3-5-13-9-10/h3-5,9,11H,6-8,12H2,1-2H3. The van der Waals surface area contributed by atoms with E-state index in [4.69, 9.17) is 5.73 Å². The van der Waals surface area contributed by atoms with Crippen molar-refractivity contribution in [2.75, 3.05) is 32.9 Å². The largest absolute Gasteiger partial charge is 0.329 e. The van der Waals surface area contributed by atoms with E-state index < -0.39 is 0 Å². The molecule has 1 atom stereocenters. The lowest BCUT2D eigenvalue weighted by Crippen LogP contribution is -2.17. The van der Waals surface area contributed by atoms with Crippen LogP contribution >= 0.6 is 11.8 Å². The SMILES string of the molecule is CN(C)CCSC(CN)c1cccnc1. The Bertz CT molecular complexity index is 264. The molecular formula is C11H19N3S. The first kappa shape index (κ1) is 12.5.